The fourth-order valence-electron chi connectivity index (χ4n) is 5.15. The van der Waals surface area contributed by atoms with Crippen LogP contribution >= 0.6 is 0 Å². The Bertz CT molecular complexity index is 1370. The SMILES string of the molecule is CC(C)c1c(C(=O)NCc2cccnc2)c2ccc(C(=O)N3CCCC3)cc2n1Cc1ccccc1. The predicted molar refractivity (Wildman–Crippen MR) is 142 cm³/mol. The number of pyridine rings is 1. The van der Waals surface area contributed by atoms with Crippen LogP contribution in [0.3, 0.4) is 0 Å². The van der Waals surface area contributed by atoms with Crippen molar-refractivity contribution in [3.05, 3.63) is 101 Å². The minimum atomic E-state index is -0.113. The van der Waals surface area contributed by atoms with E-state index in [-0.39, 0.29) is 17.7 Å². The Morgan fingerprint density at radius 3 is 2.42 bits per heavy atom. The Morgan fingerprint density at radius 1 is 0.972 bits per heavy atom. The van der Waals surface area contributed by atoms with Crippen LogP contribution in [-0.2, 0) is 13.1 Å². The summed E-state index contributed by atoms with van der Waals surface area (Å²) < 4.78 is 2.22. The molecule has 0 spiro atoms. The van der Waals surface area contributed by atoms with E-state index in [0.717, 1.165) is 53.7 Å². The van der Waals surface area contributed by atoms with Gasteiger partial charge in [0.15, 0.2) is 0 Å². The number of fused-ring (bicyclic) bond motifs is 1. The summed E-state index contributed by atoms with van der Waals surface area (Å²) in [5.74, 6) is 0.0616. The molecule has 2 amide bonds. The molecule has 3 heterocycles. The summed E-state index contributed by atoms with van der Waals surface area (Å²) in [6, 6.07) is 19.9. The number of hydrogen-bond acceptors (Lipinski definition) is 3. The van der Waals surface area contributed by atoms with Gasteiger partial charge in [0.25, 0.3) is 11.8 Å². The molecule has 184 valence electrons. The fourth-order valence-corrected chi connectivity index (χ4v) is 5.15. The maximum absolute atomic E-state index is 13.6. The molecule has 1 saturated heterocycles. The third-order valence-corrected chi connectivity index (χ3v) is 6.88. The molecule has 6 nitrogen and oxygen atoms in total. The number of amides is 2. The number of benzene rings is 2. The van der Waals surface area contributed by atoms with E-state index in [0.29, 0.717) is 24.2 Å². The van der Waals surface area contributed by atoms with Gasteiger partial charge in [0, 0.05) is 55.2 Å². The lowest BCUT2D eigenvalue weighted by atomic mass is 10.0. The summed E-state index contributed by atoms with van der Waals surface area (Å²) in [6.07, 6.45) is 5.59. The molecule has 0 unspecified atom stereocenters. The van der Waals surface area contributed by atoms with Crippen molar-refractivity contribution in [1.29, 1.82) is 0 Å². The highest BCUT2D eigenvalue weighted by Gasteiger charge is 2.26. The largest absolute Gasteiger partial charge is 0.348 e. The van der Waals surface area contributed by atoms with Crippen LogP contribution in [0.5, 0.6) is 0 Å². The van der Waals surface area contributed by atoms with Crippen LogP contribution < -0.4 is 5.32 Å². The van der Waals surface area contributed by atoms with Gasteiger partial charge in [-0.2, -0.15) is 0 Å². The molecule has 0 atom stereocenters. The lowest BCUT2D eigenvalue weighted by Gasteiger charge is -2.17. The lowest BCUT2D eigenvalue weighted by Crippen LogP contribution is -2.27. The van der Waals surface area contributed by atoms with Crippen LogP contribution in [0.2, 0.25) is 0 Å². The van der Waals surface area contributed by atoms with Crippen molar-refractivity contribution in [2.75, 3.05) is 13.1 Å². The van der Waals surface area contributed by atoms with Gasteiger partial charge in [0.2, 0.25) is 0 Å². The third kappa shape index (κ3) is 4.76. The van der Waals surface area contributed by atoms with Gasteiger partial charge in [-0.1, -0.05) is 56.3 Å². The van der Waals surface area contributed by atoms with Gasteiger partial charge >= 0.3 is 0 Å². The molecule has 1 aliphatic heterocycles. The quantitative estimate of drug-likeness (QED) is 0.386. The van der Waals surface area contributed by atoms with Crippen molar-refractivity contribution in [3.63, 3.8) is 0 Å². The van der Waals surface area contributed by atoms with E-state index in [4.69, 9.17) is 0 Å². The van der Waals surface area contributed by atoms with E-state index in [1.807, 2.05) is 53.4 Å². The molecule has 36 heavy (non-hydrogen) atoms. The minimum absolute atomic E-state index is 0.0653. The Kier molecular flexibility index (Phi) is 6.85. The van der Waals surface area contributed by atoms with Crippen LogP contribution in [0.4, 0.5) is 0 Å². The molecule has 0 saturated carbocycles. The highest BCUT2D eigenvalue weighted by Crippen LogP contribution is 2.33. The normalized spacial score (nSPS) is 13.5. The number of hydrogen-bond donors (Lipinski definition) is 1. The molecule has 0 aliphatic carbocycles. The van der Waals surface area contributed by atoms with E-state index in [9.17, 15) is 9.59 Å². The van der Waals surface area contributed by atoms with E-state index in [2.05, 4.69) is 40.8 Å². The molecule has 5 rings (SSSR count). The Hall–Kier alpha value is -3.93. The highest BCUT2D eigenvalue weighted by molar-refractivity contribution is 6.10. The maximum Gasteiger partial charge on any atom is 0.254 e. The van der Waals surface area contributed by atoms with Gasteiger partial charge in [-0.25, -0.2) is 0 Å². The number of nitrogens with zero attached hydrogens (tertiary/aromatic N) is 3. The number of rotatable bonds is 7. The van der Waals surface area contributed by atoms with Crippen LogP contribution in [0, 0.1) is 0 Å². The van der Waals surface area contributed by atoms with Crippen LogP contribution in [0.15, 0.2) is 73.1 Å². The highest BCUT2D eigenvalue weighted by atomic mass is 16.2. The van der Waals surface area contributed by atoms with Gasteiger partial charge < -0.3 is 14.8 Å². The summed E-state index contributed by atoms with van der Waals surface area (Å²) in [5.41, 5.74) is 5.34. The Morgan fingerprint density at radius 2 is 1.72 bits per heavy atom. The number of carbonyl (C=O) groups excluding carboxylic acids is 2. The second kappa shape index (κ2) is 10.4. The summed E-state index contributed by atoms with van der Waals surface area (Å²) in [5, 5.41) is 3.97. The van der Waals surface area contributed by atoms with Crippen molar-refractivity contribution in [2.45, 2.75) is 45.7 Å². The number of carbonyl (C=O) groups is 2. The topological polar surface area (TPSA) is 67.2 Å². The Balaban J connectivity index is 1.60. The summed E-state index contributed by atoms with van der Waals surface area (Å²) in [6.45, 7) is 6.87. The molecule has 1 fully saturated rings. The van der Waals surface area contributed by atoms with Gasteiger partial charge in [0.1, 0.15) is 0 Å². The molecular weight excluding hydrogens is 448 g/mol. The maximum atomic E-state index is 13.6. The second-order valence-corrected chi connectivity index (χ2v) is 9.76. The second-order valence-electron chi connectivity index (χ2n) is 9.76. The zero-order valence-corrected chi connectivity index (χ0v) is 20.9. The van der Waals surface area contributed by atoms with Gasteiger partial charge in [-0.15, -0.1) is 0 Å². The smallest absolute Gasteiger partial charge is 0.254 e. The standard InChI is InChI=1S/C30H32N4O2/c1-21(2)28-27(29(35)32-19-23-11-8-14-31-18-23)25-13-12-24(30(36)33-15-6-7-16-33)17-26(25)34(28)20-22-9-4-3-5-10-22/h3-5,8-14,17-18,21H,6-7,15-16,19-20H2,1-2H3,(H,32,35). The minimum Gasteiger partial charge on any atom is -0.348 e. The van der Waals surface area contributed by atoms with Crippen molar-refractivity contribution in [2.24, 2.45) is 0 Å². The third-order valence-electron chi connectivity index (χ3n) is 6.88. The van der Waals surface area contributed by atoms with E-state index < -0.39 is 0 Å². The lowest BCUT2D eigenvalue weighted by molar-refractivity contribution is 0.0792. The first-order chi connectivity index (χ1) is 17.5. The van der Waals surface area contributed by atoms with E-state index in [1.165, 1.54) is 0 Å². The van der Waals surface area contributed by atoms with E-state index in [1.54, 1.807) is 12.4 Å². The van der Waals surface area contributed by atoms with Gasteiger partial charge in [-0.3, -0.25) is 14.6 Å². The van der Waals surface area contributed by atoms with Crippen LogP contribution in [0.1, 0.15) is 70.1 Å². The average molecular weight is 481 g/mol. The fraction of sp³-hybridized carbons (Fsp3) is 0.300. The molecule has 6 heteroatoms. The summed E-state index contributed by atoms with van der Waals surface area (Å²) in [7, 11) is 0. The summed E-state index contributed by atoms with van der Waals surface area (Å²) in [4.78, 5) is 32.9. The van der Waals surface area contributed by atoms with Crippen molar-refractivity contribution in [3.8, 4) is 0 Å². The molecular formula is C30H32N4O2. The molecule has 1 aliphatic rings. The zero-order valence-electron chi connectivity index (χ0n) is 20.9. The van der Waals surface area contributed by atoms with Crippen LogP contribution in [-0.4, -0.2) is 39.4 Å². The first-order valence-corrected chi connectivity index (χ1v) is 12.7. The average Bonchev–Trinajstić information content (AvgIpc) is 3.55. The Labute approximate surface area is 212 Å². The van der Waals surface area contributed by atoms with Gasteiger partial charge in [0.05, 0.1) is 11.1 Å². The molecule has 0 bridgehead atoms. The van der Waals surface area contributed by atoms with E-state index >= 15 is 0 Å². The first kappa shape index (κ1) is 23.8. The van der Waals surface area contributed by atoms with Crippen molar-refractivity contribution in [1.82, 2.24) is 19.8 Å². The van der Waals surface area contributed by atoms with Crippen molar-refractivity contribution >= 4 is 22.7 Å². The molecule has 2 aromatic carbocycles. The number of nitrogens with one attached hydrogen (secondary N) is 1. The molecule has 4 aromatic rings. The molecule has 1 N–H and O–H groups in total. The molecule has 0 radical (unpaired) electrons. The number of likely N-dealkylation sites (tertiary alicyclic amines) is 1. The first-order valence-electron chi connectivity index (χ1n) is 12.7. The molecule has 2 aromatic heterocycles. The zero-order chi connectivity index (χ0) is 25.1. The van der Waals surface area contributed by atoms with Crippen LogP contribution in [0.25, 0.3) is 10.9 Å². The number of aromatic nitrogens is 2. The summed E-state index contributed by atoms with van der Waals surface area (Å²) >= 11 is 0. The monoisotopic (exact) mass is 480 g/mol. The predicted octanol–water partition coefficient (Wildman–Crippen LogP) is 5.37. The van der Waals surface area contributed by atoms with Gasteiger partial charge in [-0.05, 0) is 48.1 Å². The van der Waals surface area contributed by atoms with Crippen molar-refractivity contribution < 1.29 is 9.59 Å².